The first kappa shape index (κ1) is 20.9. The van der Waals surface area contributed by atoms with Gasteiger partial charge < -0.3 is 23.5 Å². The number of carbonyl (C=O) groups is 2. The van der Waals surface area contributed by atoms with Crippen LogP contribution in [0.3, 0.4) is 0 Å². The molecule has 2 heterocycles. The minimum absolute atomic E-state index is 0.204. The van der Waals surface area contributed by atoms with Crippen molar-refractivity contribution in [2.24, 2.45) is 5.92 Å². The van der Waals surface area contributed by atoms with Gasteiger partial charge >= 0.3 is 11.6 Å². The van der Waals surface area contributed by atoms with E-state index in [0.717, 1.165) is 11.1 Å². The van der Waals surface area contributed by atoms with Gasteiger partial charge in [-0.15, -0.1) is 0 Å². The molecule has 1 aliphatic rings. The van der Waals surface area contributed by atoms with Gasteiger partial charge in [-0.05, 0) is 44.0 Å². The Kier molecular flexibility index (Phi) is 6.22. The molecule has 3 rings (SSSR count). The van der Waals surface area contributed by atoms with E-state index in [1.807, 2.05) is 19.9 Å². The molecule has 8 heteroatoms. The highest BCUT2D eigenvalue weighted by Crippen LogP contribution is 2.30. The van der Waals surface area contributed by atoms with Crippen molar-refractivity contribution in [3.05, 3.63) is 39.2 Å². The predicted octanol–water partition coefficient (Wildman–Crippen LogP) is 1.75. The van der Waals surface area contributed by atoms with Crippen LogP contribution in [0.25, 0.3) is 11.0 Å². The van der Waals surface area contributed by atoms with Crippen LogP contribution in [0.4, 0.5) is 0 Å². The molecule has 0 N–H and O–H groups in total. The number of nitrogens with zero attached hydrogens (tertiary/aromatic N) is 1. The zero-order chi connectivity index (χ0) is 21.1. The summed E-state index contributed by atoms with van der Waals surface area (Å²) in [4.78, 5) is 38.1. The lowest BCUT2D eigenvalue weighted by molar-refractivity contribution is -0.148. The second kappa shape index (κ2) is 8.65. The van der Waals surface area contributed by atoms with Crippen molar-refractivity contribution in [1.82, 2.24) is 4.90 Å². The minimum Gasteiger partial charge on any atom is -0.483 e. The molecule has 29 heavy (non-hydrogen) atoms. The summed E-state index contributed by atoms with van der Waals surface area (Å²) >= 11 is 0. The third-order valence-corrected chi connectivity index (χ3v) is 5.16. The van der Waals surface area contributed by atoms with Crippen molar-refractivity contribution >= 4 is 22.8 Å². The summed E-state index contributed by atoms with van der Waals surface area (Å²) in [5.41, 5.74) is 2.14. The molecule has 1 aliphatic heterocycles. The minimum atomic E-state index is -0.523. The summed E-state index contributed by atoms with van der Waals surface area (Å²) in [5, 5.41) is 0.673. The van der Waals surface area contributed by atoms with E-state index in [1.165, 1.54) is 7.11 Å². The first-order chi connectivity index (χ1) is 13.8. The lowest BCUT2D eigenvalue weighted by atomic mass is 10.0. The number of benzene rings is 1. The largest absolute Gasteiger partial charge is 0.483 e. The molecule has 1 unspecified atom stereocenters. The third kappa shape index (κ3) is 4.42. The lowest BCUT2D eigenvalue weighted by Crippen LogP contribution is -2.40. The Morgan fingerprint density at radius 1 is 1.21 bits per heavy atom. The van der Waals surface area contributed by atoms with Crippen LogP contribution in [0, 0.1) is 26.7 Å². The van der Waals surface area contributed by atoms with Crippen LogP contribution in [0.5, 0.6) is 5.75 Å². The molecule has 1 atom stereocenters. The number of aryl methyl sites for hydroxylation is 2. The van der Waals surface area contributed by atoms with Crippen molar-refractivity contribution in [2.75, 3.05) is 40.0 Å². The Morgan fingerprint density at radius 3 is 2.69 bits per heavy atom. The zero-order valence-electron chi connectivity index (χ0n) is 17.1. The Balaban J connectivity index is 1.81. The molecular weight excluding hydrogens is 378 g/mol. The summed E-state index contributed by atoms with van der Waals surface area (Å²) in [7, 11) is 1.31. The topological polar surface area (TPSA) is 95.3 Å². The number of hydrogen-bond donors (Lipinski definition) is 0. The van der Waals surface area contributed by atoms with Crippen molar-refractivity contribution in [2.45, 2.75) is 20.8 Å². The number of amides is 1. The predicted molar refractivity (Wildman–Crippen MR) is 105 cm³/mol. The molecule has 1 aromatic heterocycles. The van der Waals surface area contributed by atoms with E-state index >= 15 is 0 Å². The zero-order valence-corrected chi connectivity index (χ0v) is 17.1. The molecular formula is C21H25NO7. The van der Waals surface area contributed by atoms with Gasteiger partial charge in [-0.3, -0.25) is 9.59 Å². The highest BCUT2D eigenvalue weighted by Gasteiger charge is 2.28. The van der Waals surface area contributed by atoms with Crippen molar-refractivity contribution in [3.8, 4) is 5.75 Å². The molecule has 2 aromatic rings. The van der Waals surface area contributed by atoms with Gasteiger partial charge in [-0.2, -0.15) is 0 Å². The van der Waals surface area contributed by atoms with Crippen LogP contribution in [0.15, 0.2) is 21.3 Å². The third-order valence-electron chi connectivity index (χ3n) is 5.16. The molecule has 0 saturated carbocycles. The van der Waals surface area contributed by atoms with E-state index in [-0.39, 0.29) is 31.3 Å². The highest BCUT2D eigenvalue weighted by atomic mass is 16.5. The molecule has 0 radical (unpaired) electrons. The van der Waals surface area contributed by atoms with E-state index in [2.05, 4.69) is 0 Å². The number of ether oxygens (including phenoxy) is 3. The number of methoxy groups -OCH3 is 1. The number of carbonyl (C=O) groups excluding carboxylic acids is 2. The second-order valence-corrected chi connectivity index (χ2v) is 7.20. The Bertz CT molecular complexity index is 995. The van der Waals surface area contributed by atoms with Gasteiger partial charge in [-0.1, -0.05) is 0 Å². The average molecular weight is 403 g/mol. The van der Waals surface area contributed by atoms with Crippen LogP contribution >= 0.6 is 0 Å². The quantitative estimate of drug-likeness (QED) is 0.567. The fourth-order valence-corrected chi connectivity index (χ4v) is 3.38. The fourth-order valence-electron chi connectivity index (χ4n) is 3.38. The van der Waals surface area contributed by atoms with E-state index in [1.54, 1.807) is 17.9 Å². The van der Waals surface area contributed by atoms with Crippen LogP contribution in [-0.4, -0.2) is 56.8 Å². The molecule has 1 aromatic carbocycles. The van der Waals surface area contributed by atoms with Gasteiger partial charge in [0.15, 0.2) is 6.61 Å². The fraction of sp³-hybridized carbons (Fsp3) is 0.476. The Labute approximate surface area is 168 Å². The van der Waals surface area contributed by atoms with Gasteiger partial charge in [-0.25, -0.2) is 4.79 Å². The average Bonchev–Trinajstić information content (AvgIpc) is 2.95. The van der Waals surface area contributed by atoms with Gasteiger partial charge in [0, 0.05) is 18.7 Å². The molecule has 0 spiro atoms. The maximum atomic E-state index is 12.7. The summed E-state index contributed by atoms with van der Waals surface area (Å²) < 4.78 is 21.4. The molecule has 1 fully saturated rings. The number of hydrogen-bond acceptors (Lipinski definition) is 7. The summed E-state index contributed by atoms with van der Waals surface area (Å²) in [6, 6.07) is 3.58. The van der Waals surface area contributed by atoms with Crippen molar-refractivity contribution < 1.29 is 28.2 Å². The first-order valence-corrected chi connectivity index (χ1v) is 9.42. The standard InChI is InChI=1S/C21H25NO7/c1-12-7-16(19-13(2)14(3)20(24)29-17(19)8-12)28-11-18(23)22-5-6-27-10-15(9-22)21(25)26-4/h7-8,15H,5-6,9-11H2,1-4H3. The van der Waals surface area contributed by atoms with Gasteiger partial charge in [0.1, 0.15) is 11.3 Å². The maximum absolute atomic E-state index is 12.7. The van der Waals surface area contributed by atoms with Gasteiger partial charge in [0.25, 0.3) is 5.91 Å². The van der Waals surface area contributed by atoms with Crippen LogP contribution < -0.4 is 10.4 Å². The Hall–Kier alpha value is -2.87. The summed E-state index contributed by atoms with van der Waals surface area (Å²) in [6.45, 7) is 6.33. The van der Waals surface area contributed by atoms with Crippen LogP contribution in [0.1, 0.15) is 16.7 Å². The van der Waals surface area contributed by atoms with E-state index in [0.29, 0.717) is 35.4 Å². The Morgan fingerprint density at radius 2 is 1.97 bits per heavy atom. The SMILES string of the molecule is COC(=O)C1COCCN(C(=O)COc2cc(C)cc3oc(=O)c(C)c(C)c23)C1. The summed E-state index contributed by atoms with van der Waals surface area (Å²) in [6.07, 6.45) is 0. The van der Waals surface area contributed by atoms with Gasteiger partial charge in [0.2, 0.25) is 0 Å². The van der Waals surface area contributed by atoms with Crippen LogP contribution in [-0.2, 0) is 19.1 Å². The second-order valence-electron chi connectivity index (χ2n) is 7.20. The molecule has 1 saturated heterocycles. The van der Waals surface area contributed by atoms with E-state index in [4.69, 9.17) is 18.6 Å². The summed E-state index contributed by atoms with van der Waals surface area (Å²) in [5.74, 6) is -0.707. The van der Waals surface area contributed by atoms with Crippen molar-refractivity contribution in [1.29, 1.82) is 0 Å². The molecule has 1 amide bonds. The van der Waals surface area contributed by atoms with Crippen LogP contribution in [0.2, 0.25) is 0 Å². The maximum Gasteiger partial charge on any atom is 0.339 e. The molecule has 8 nitrogen and oxygen atoms in total. The number of fused-ring (bicyclic) bond motifs is 1. The molecule has 156 valence electrons. The van der Waals surface area contributed by atoms with E-state index in [9.17, 15) is 14.4 Å². The number of esters is 1. The van der Waals surface area contributed by atoms with E-state index < -0.39 is 11.9 Å². The molecule has 0 aliphatic carbocycles. The first-order valence-electron chi connectivity index (χ1n) is 9.42. The normalized spacial score (nSPS) is 17.1. The molecule has 0 bridgehead atoms. The highest BCUT2D eigenvalue weighted by molar-refractivity contribution is 5.88. The van der Waals surface area contributed by atoms with Crippen molar-refractivity contribution in [3.63, 3.8) is 0 Å². The monoisotopic (exact) mass is 403 g/mol. The smallest absolute Gasteiger partial charge is 0.339 e. The number of rotatable bonds is 4. The lowest BCUT2D eigenvalue weighted by Gasteiger charge is -2.23. The van der Waals surface area contributed by atoms with Gasteiger partial charge in [0.05, 0.1) is 31.6 Å².